The zero-order valence-corrected chi connectivity index (χ0v) is 22.9. The summed E-state index contributed by atoms with van der Waals surface area (Å²) in [6.07, 6.45) is 0. The molecule has 0 bridgehead atoms. The highest BCUT2D eigenvalue weighted by Crippen LogP contribution is 2.45. The van der Waals surface area contributed by atoms with Crippen molar-refractivity contribution in [3.63, 3.8) is 0 Å². The van der Waals surface area contributed by atoms with Crippen LogP contribution in [0.5, 0.6) is 0 Å². The third-order valence-corrected chi connectivity index (χ3v) is 9.38. The molecule has 0 atom stereocenters. The maximum Gasteiger partial charge on any atom is 0.143 e. The minimum atomic E-state index is 0.916. The fraction of sp³-hybridized carbons (Fsp3) is 0. The second kappa shape index (κ2) is 8.69. The molecule has 6 aromatic carbocycles. The molecule has 0 amide bonds. The Bertz CT molecular complexity index is 2410. The zero-order chi connectivity index (χ0) is 26.9. The van der Waals surface area contributed by atoms with Gasteiger partial charge in [-0.2, -0.15) is 0 Å². The quantitative estimate of drug-likeness (QED) is 0.217. The van der Waals surface area contributed by atoms with E-state index in [4.69, 9.17) is 4.42 Å². The van der Waals surface area contributed by atoms with Gasteiger partial charge in [-0.25, -0.2) is 0 Å². The summed E-state index contributed by atoms with van der Waals surface area (Å²) < 4.78 is 11.6. The molecule has 0 aliphatic carbocycles. The molecule has 0 spiro atoms. The van der Waals surface area contributed by atoms with Crippen LogP contribution >= 0.6 is 11.3 Å². The number of thiophene rings is 1. The molecular weight excluding hydrogens is 518 g/mol. The first-order chi connectivity index (χ1) is 20.3. The van der Waals surface area contributed by atoms with Crippen LogP contribution in [-0.2, 0) is 0 Å². The van der Waals surface area contributed by atoms with Gasteiger partial charge in [-0.3, -0.25) is 0 Å². The molecule has 3 heteroatoms. The lowest BCUT2D eigenvalue weighted by molar-refractivity contribution is 0.670. The van der Waals surface area contributed by atoms with Gasteiger partial charge in [0.2, 0.25) is 0 Å². The summed E-state index contributed by atoms with van der Waals surface area (Å²) in [4.78, 5) is 0. The van der Waals surface area contributed by atoms with Crippen molar-refractivity contribution in [3.8, 4) is 27.9 Å². The topological polar surface area (TPSA) is 18.1 Å². The van der Waals surface area contributed by atoms with Gasteiger partial charge in [0.15, 0.2) is 0 Å². The van der Waals surface area contributed by atoms with Gasteiger partial charge < -0.3 is 8.98 Å². The molecule has 3 aromatic heterocycles. The normalized spacial score (nSPS) is 11.9. The number of hydrogen-bond acceptors (Lipinski definition) is 2. The minimum Gasteiger partial charge on any atom is -0.455 e. The second-order valence-electron chi connectivity index (χ2n) is 10.5. The Balaban J connectivity index is 1.29. The summed E-state index contributed by atoms with van der Waals surface area (Å²) in [7, 11) is 0. The van der Waals surface area contributed by atoms with Crippen molar-refractivity contribution in [2.75, 3.05) is 0 Å². The van der Waals surface area contributed by atoms with Crippen LogP contribution in [0, 0.1) is 0 Å². The van der Waals surface area contributed by atoms with E-state index in [9.17, 15) is 0 Å². The van der Waals surface area contributed by atoms with Crippen molar-refractivity contribution >= 4 is 64.5 Å². The highest BCUT2D eigenvalue weighted by molar-refractivity contribution is 7.26. The molecule has 0 saturated carbocycles. The fourth-order valence-corrected chi connectivity index (χ4v) is 7.68. The van der Waals surface area contributed by atoms with Crippen molar-refractivity contribution in [1.29, 1.82) is 0 Å². The van der Waals surface area contributed by atoms with Gasteiger partial charge in [0.05, 0.1) is 15.7 Å². The highest BCUT2D eigenvalue weighted by atomic mass is 32.1. The van der Waals surface area contributed by atoms with Crippen LogP contribution in [0.3, 0.4) is 0 Å². The molecule has 0 fully saturated rings. The molecular formula is C38H23NOS. The standard InChI is InChI=1S/C38H23NOS/c1-3-11-24(12-4-1)28-17-9-18-31-35-27(16-10-20-33(35)40-37(28)31)25-21-22-30-34(23-25)41-38-29-15-7-8-19-32(29)39(36(30)38)26-13-5-2-6-14-26/h1-23H. The predicted octanol–water partition coefficient (Wildman–Crippen LogP) is 11.2. The van der Waals surface area contributed by atoms with Crippen molar-refractivity contribution in [1.82, 2.24) is 4.57 Å². The van der Waals surface area contributed by atoms with Gasteiger partial charge in [-0.1, -0.05) is 109 Å². The van der Waals surface area contributed by atoms with Crippen LogP contribution in [0.15, 0.2) is 144 Å². The maximum absolute atomic E-state index is 6.54. The predicted molar refractivity (Wildman–Crippen MR) is 174 cm³/mol. The van der Waals surface area contributed by atoms with E-state index in [2.05, 4.69) is 144 Å². The second-order valence-corrected chi connectivity index (χ2v) is 11.6. The van der Waals surface area contributed by atoms with E-state index < -0.39 is 0 Å². The Morgan fingerprint density at radius 3 is 2.15 bits per heavy atom. The van der Waals surface area contributed by atoms with Gasteiger partial charge in [0.25, 0.3) is 0 Å². The summed E-state index contributed by atoms with van der Waals surface area (Å²) in [6, 6.07) is 49.7. The molecule has 0 unspecified atom stereocenters. The SMILES string of the molecule is c1ccc(-c2cccc3c2oc2cccc(-c4ccc5c(c4)sc4c6ccccc6n(-c6ccccc6)c54)c23)cc1. The van der Waals surface area contributed by atoms with Crippen LogP contribution in [0.2, 0.25) is 0 Å². The molecule has 0 N–H and O–H groups in total. The molecule has 0 aliphatic rings. The van der Waals surface area contributed by atoms with Crippen LogP contribution in [0.25, 0.3) is 81.1 Å². The lowest BCUT2D eigenvalue weighted by Crippen LogP contribution is -1.92. The maximum atomic E-state index is 6.54. The van der Waals surface area contributed by atoms with Gasteiger partial charge in [-0.05, 0) is 47.0 Å². The monoisotopic (exact) mass is 541 g/mol. The van der Waals surface area contributed by atoms with Gasteiger partial charge in [0.1, 0.15) is 11.2 Å². The number of hydrogen-bond donors (Lipinski definition) is 0. The number of furan rings is 1. The Morgan fingerprint density at radius 2 is 1.27 bits per heavy atom. The number of benzene rings is 6. The molecule has 2 nitrogen and oxygen atoms in total. The third kappa shape index (κ3) is 3.30. The summed E-state index contributed by atoms with van der Waals surface area (Å²) in [6.45, 7) is 0. The molecule has 0 aliphatic heterocycles. The number of para-hydroxylation sites is 3. The van der Waals surface area contributed by atoms with Gasteiger partial charge >= 0.3 is 0 Å². The molecule has 0 radical (unpaired) electrons. The van der Waals surface area contributed by atoms with E-state index in [0.717, 1.165) is 27.7 Å². The lowest BCUT2D eigenvalue weighted by atomic mass is 9.97. The van der Waals surface area contributed by atoms with Crippen LogP contribution in [0.1, 0.15) is 0 Å². The molecule has 41 heavy (non-hydrogen) atoms. The van der Waals surface area contributed by atoms with E-state index >= 15 is 0 Å². The smallest absolute Gasteiger partial charge is 0.143 e. The zero-order valence-electron chi connectivity index (χ0n) is 22.0. The molecule has 192 valence electrons. The third-order valence-electron chi connectivity index (χ3n) is 8.21. The number of rotatable bonds is 3. The van der Waals surface area contributed by atoms with E-state index in [1.807, 2.05) is 11.3 Å². The van der Waals surface area contributed by atoms with Crippen LogP contribution < -0.4 is 0 Å². The highest BCUT2D eigenvalue weighted by Gasteiger charge is 2.19. The Hall–Kier alpha value is -5.12. The molecule has 3 heterocycles. The first-order valence-corrected chi connectivity index (χ1v) is 14.7. The van der Waals surface area contributed by atoms with Crippen LogP contribution in [-0.4, -0.2) is 4.57 Å². The number of aromatic nitrogens is 1. The van der Waals surface area contributed by atoms with Crippen molar-refractivity contribution in [2.45, 2.75) is 0 Å². The van der Waals surface area contributed by atoms with Crippen molar-refractivity contribution in [2.24, 2.45) is 0 Å². The summed E-state index contributed by atoms with van der Waals surface area (Å²) in [5.41, 5.74) is 10.2. The van der Waals surface area contributed by atoms with Crippen LogP contribution in [0.4, 0.5) is 0 Å². The summed E-state index contributed by atoms with van der Waals surface area (Å²) >= 11 is 1.88. The fourth-order valence-electron chi connectivity index (χ4n) is 6.41. The van der Waals surface area contributed by atoms with E-state index in [1.165, 1.54) is 53.4 Å². The average Bonchev–Trinajstić information content (AvgIpc) is 3.70. The van der Waals surface area contributed by atoms with Gasteiger partial charge in [-0.15, -0.1) is 11.3 Å². The first kappa shape index (κ1) is 22.7. The number of fused-ring (bicyclic) bond motifs is 8. The van der Waals surface area contributed by atoms with E-state index in [-0.39, 0.29) is 0 Å². The summed E-state index contributed by atoms with van der Waals surface area (Å²) in [5.74, 6) is 0. The van der Waals surface area contributed by atoms with Crippen molar-refractivity contribution < 1.29 is 4.42 Å². The number of nitrogens with zero attached hydrogens (tertiary/aromatic N) is 1. The summed E-state index contributed by atoms with van der Waals surface area (Å²) in [5, 5.41) is 4.89. The first-order valence-electron chi connectivity index (χ1n) is 13.9. The Labute approximate surface area is 240 Å². The lowest BCUT2D eigenvalue weighted by Gasteiger charge is -2.08. The molecule has 9 aromatic rings. The van der Waals surface area contributed by atoms with E-state index in [1.54, 1.807) is 0 Å². The average molecular weight is 542 g/mol. The largest absolute Gasteiger partial charge is 0.455 e. The Morgan fingerprint density at radius 1 is 0.537 bits per heavy atom. The van der Waals surface area contributed by atoms with E-state index in [0.29, 0.717) is 0 Å². The molecule has 0 saturated heterocycles. The molecule has 9 rings (SSSR count). The minimum absolute atomic E-state index is 0.916. The Kier molecular flexibility index (Phi) is 4.80. The van der Waals surface area contributed by atoms with Gasteiger partial charge in [0, 0.05) is 37.5 Å². The van der Waals surface area contributed by atoms with Crippen molar-refractivity contribution in [3.05, 3.63) is 140 Å².